The molecule has 0 atom stereocenters. The molecule has 0 aromatic rings. The van der Waals surface area contributed by atoms with Gasteiger partial charge in [0, 0.05) is 119 Å². The average Bonchev–Trinajstić information content (AvgIpc) is 1.03. The number of hydrogen-bond donors (Lipinski definition) is 6. The lowest BCUT2D eigenvalue weighted by Crippen LogP contribution is -2.33. The Morgan fingerprint density at radius 2 is 0.532 bits per heavy atom. The highest BCUT2D eigenvalue weighted by atomic mass is 16.2. The first-order valence-electron chi connectivity index (χ1n) is 42.9. The van der Waals surface area contributed by atoms with Gasteiger partial charge in [0.25, 0.3) is 0 Å². The van der Waals surface area contributed by atoms with Crippen molar-refractivity contribution in [3.63, 3.8) is 0 Å². The van der Waals surface area contributed by atoms with Crippen LogP contribution in [0.3, 0.4) is 0 Å². The quantitative estimate of drug-likeness (QED) is 0.0311. The number of ketones is 7. The molecule has 0 aromatic heterocycles. The highest BCUT2D eigenvalue weighted by Gasteiger charge is 2.14. The highest BCUT2D eigenvalue weighted by molar-refractivity contribution is 5.87. The van der Waals surface area contributed by atoms with Crippen molar-refractivity contribution in [3.05, 3.63) is 0 Å². The van der Waals surface area contributed by atoms with Crippen molar-refractivity contribution in [1.29, 1.82) is 0 Å². The van der Waals surface area contributed by atoms with Crippen LogP contribution >= 0.6 is 0 Å². The summed E-state index contributed by atoms with van der Waals surface area (Å²) in [6.07, 6.45) is 12.8. The van der Waals surface area contributed by atoms with Crippen LogP contribution < -0.4 is 31.9 Å². The first-order chi connectivity index (χ1) is 49.7. The third-order valence-electron chi connectivity index (χ3n) is 14.5. The maximum absolute atomic E-state index is 11.2. The van der Waals surface area contributed by atoms with Crippen LogP contribution in [0.4, 0.5) is 0 Å². The minimum atomic E-state index is -0.0582. The minimum absolute atomic E-state index is 0.0492. The van der Waals surface area contributed by atoms with Gasteiger partial charge in [0.05, 0.1) is 19.6 Å². The normalized spacial score (nSPS) is 10.9. The number of rotatable bonds is 44. The van der Waals surface area contributed by atoms with Gasteiger partial charge in [0.2, 0.25) is 23.6 Å². The summed E-state index contributed by atoms with van der Waals surface area (Å²) in [6, 6.07) is 0.672. The van der Waals surface area contributed by atoms with Gasteiger partial charge in [0.1, 0.15) is 34.7 Å². The molecule has 0 heterocycles. The molecule has 17 nitrogen and oxygen atoms in total. The molecule has 0 bridgehead atoms. The maximum Gasteiger partial charge on any atom is 0.222 e. The van der Waals surface area contributed by atoms with Crippen LogP contribution in [0.1, 0.15) is 373 Å². The van der Waals surface area contributed by atoms with E-state index in [1.54, 1.807) is 0 Å². The van der Waals surface area contributed by atoms with Gasteiger partial charge in [0.15, 0.2) is 5.78 Å². The van der Waals surface area contributed by atoms with E-state index in [1.807, 2.05) is 111 Å². The Balaban J connectivity index is -0.000000125. The molecule has 0 fully saturated rings. The number of Topliss-reactive ketones (excluding diaryl/α,β-unsaturated/α-hetero) is 7. The van der Waals surface area contributed by atoms with Gasteiger partial charge in [-0.15, -0.1) is 0 Å². The molecule has 6 N–H and O–H groups in total. The Kier molecular flexibility index (Phi) is 93.7. The third kappa shape index (κ3) is 130. The molecule has 4 amide bonds. The van der Waals surface area contributed by atoms with Gasteiger partial charge < -0.3 is 31.9 Å². The lowest BCUT2D eigenvalue weighted by atomic mass is 9.99. The van der Waals surface area contributed by atoms with E-state index < -0.39 is 0 Å². The molecular weight excluding hydrogens is 1370 g/mol. The Morgan fingerprint density at radius 1 is 0.229 bits per heavy atom. The van der Waals surface area contributed by atoms with Gasteiger partial charge in [-0.3, -0.25) is 52.7 Å². The Hall–Kier alpha value is -4.51. The minimum Gasteiger partial charge on any atom is -0.356 e. The van der Waals surface area contributed by atoms with Crippen molar-refractivity contribution >= 4 is 64.1 Å². The summed E-state index contributed by atoms with van der Waals surface area (Å²) in [4.78, 5) is 122. The third-order valence-corrected chi connectivity index (χ3v) is 14.5. The van der Waals surface area contributed by atoms with Gasteiger partial charge in [-0.2, -0.15) is 0 Å². The summed E-state index contributed by atoms with van der Waals surface area (Å²) in [7, 11) is 0. The number of carbonyl (C=O) groups is 11. The Labute approximate surface area is 676 Å². The zero-order valence-corrected chi connectivity index (χ0v) is 79.4. The summed E-state index contributed by atoms with van der Waals surface area (Å²) < 4.78 is 0. The maximum atomic E-state index is 11.2. The molecule has 0 aliphatic heterocycles. The van der Waals surface area contributed by atoms with E-state index in [0.29, 0.717) is 138 Å². The van der Waals surface area contributed by atoms with Crippen LogP contribution in [0, 0.1) is 107 Å². The molecule has 109 heavy (non-hydrogen) atoms. The fraction of sp³-hybridized carbons (Fsp3) is 0.880. The fourth-order valence-corrected chi connectivity index (χ4v) is 8.58. The predicted octanol–water partition coefficient (Wildman–Crippen LogP) is 21.0. The predicted molar refractivity (Wildman–Crippen MR) is 470 cm³/mol. The molecule has 0 rings (SSSR count). The Bertz CT molecular complexity index is 2120. The number of nitrogens with one attached hydrogen (secondary N) is 6. The van der Waals surface area contributed by atoms with Gasteiger partial charge in [-0.1, -0.05) is 270 Å². The van der Waals surface area contributed by atoms with Crippen molar-refractivity contribution in [2.75, 3.05) is 39.3 Å². The standard InChI is InChI=1S/C11H22O.C10H19NO2.2C10H21NO.C10H20O.C9H19NO.C9H18O.C8H17NO.C8H16O.C7H15NO/c1-9(2)6-5-7-11(12)8-10(3)4;1-7(2)5-9(12)6-11-10(13)8(3)4;1-8(2)5-10(12)7-11-6-9(3)4;1-8(2)6-5-7-11-10(12)9(3)4;1-8(2)5-6-10(11)7-9(3)4;1-7(2)5-9(11)6-10-8(3)4;1-7(2)5-9(10)6-8(3)4;1-6(2)5-9-8(10)7(3)4;1-6(2)5-8(9)7(3)4;1-5(2)7(9)8-6(3)4/h9-10H,5-8H2,1-4H3;7-8H,5-6H2,1-4H3,(H,11,13);8-9,11H,5-7H2,1-4H3;8-9H,5-7H2,1-4H3,(H,11,12);8-9H,5-7H2,1-4H3;7-8,10H,5-6H2,1-4H3;7-8H,5-6H2,1-4H3;6-7H,5H2,1-4H3,(H,9,10);6-7H,5H2,1-4H3;5-6H,1-4H3,(H,8,9). The smallest absolute Gasteiger partial charge is 0.222 e. The van der Waals surface area contributed by atoms with Crippen molar-refractivity contribution in [3.8, 4) is 0 Å². The molecule has 0 saturated carbocycles. The van der Waals surface area contributed by atoms with E-state index >= 15 is 0 Å². The Morgan fingerprint density at radius 3 is 0.826 bits per heavy atom. The lowest BCUT2D eigenvalue weighted by Gasteiger charge is -2.09. The fourth-order valence-electron chi connectivity index (χ4n) is 8.58. The molecule has 0 spiro atoms. The molecule has 0 radical (unpaired) electrons. The van der Waals surface area contributed by atoms with E-state index in [0.717, 1.165) is 95.7 Å². The van der Waals surface area contributed by atoms with Crippen LogP contribution in [0.5, 0.6) is 0 Å². The molecule has 17 heteroatoms. The van der Waals surface area contributed by atoms with Crippen LogP contribution in [0.2, 0.25) is 0 Å². The molecular formula is C92H188N6O11. The first-order valence-corrected chi connectivity index (χ1v) is 42.9. The topological polar surface area (TPSA) is 260 Å². The van der Waals surface area contributed by atoms with E-state index in [-0.39, 0.29) is 71.6 Å². The molecule has 0 unspecified atom stereocenters. The van der Waals surface area contributed by atoms with E-state index in [1.165, 1.54) is 12.8 Å². The number of amides is 4. The molecule has 652 valence electrons. The monoisotopic (exact) mass is 1550 g/mol. The number of hydrogen-bond acceptors (Lipinski definition) is 13. The SMILES string of the molecule is CC(C)CC(=O)C(C)C.CC(C)CC(=O)CC(C)C.CC(C)CC(=O)CNC(=O)C(C)C.CC(C)CC(=O)CNC(C)C.CC(C)CCC(=O)CC(C)C.CC(C)CCCC(=O)CC(C)C.CC(C)CCCNC(=O)C(C)C.CC(C)CNC(=O)C(C)C.CC(C)CNCC(=O)CC(C)C.CC(C)NC(=O)C(C)C. The van der Waals surface area contributed by atoms with Crippen LogP contribution in [-0.4, -0.2) is 115 Å². The van der Waals surface area contributed by atoms with Crippen molar-refractivity contribution in [2.24, 2.45) is 107 Å². The summed E-state index contributed by atoms with van der Waals surface area (Å²) in [5.41, 5.74) is 0. The molecule has 0 aliphatic rings. The van der Waals surface area contributed by atoms with Crippen molar-refractivity contribution in [1.82, 2.24) is 31.9 Å². The van der Waals surface area contributed by atoms with Crippen LogP contribution in [-0.2, 0) is 52.7 Å². The second-order valence-electron chi connectivity index (χ2n) is 37.4. The highest BCUT2D eigenvalue weighted by Crippen LogP contribution is 2.13. The van der Waals surface area contributed by atoms with Crippen LogP contribution in [0.25, 0.3) is 0 Å². The van der Waals surface area contributed by atoms with Crippen molar-refractivity contribution in [2.45, 2.75) is 385 Å². The lowest BCUT2D eigenvalue weighted by molar-refractivity contribution is -0.127. The van der Waals surface area contributed by atoms with Crippen LogP contribution in [0.15, 0.2) is 0 Å². The van der Waals surface area contributed by atoms with E-state index in [4.69, 9.17) is 0 Å². The van der Waals surface area contributed by atoms with Gasteiger partial charge in [-0.05, 0) is 123 Å². The van der Waals surface area contributed by atoms with Crippen molar-refractivity contribution < 1.29 is 52.7 Å². The second kappa shape index (κ2) is 81.5. The van der Waals surface area contributed by atoms with Gasteiger partial charge in [-0.25, -0.2) is 0 Å². The summed E-state index contributed by atoms with van der Waals surface area (Å²) in [5.74, 6) is 10.5. The summed E-state index contributed by atoms with van der Waals surface area (Å²) in [5, 5.41) is 17.4. The van der Waals surface area contributed by atoms with Gasteiger partial charge >= 0.3 is 0 Å². The zero-order chi connectivity index (χ0) is 88.0. The second-order valence-corrected chi connectivity index (χ2v) is 37.4. The van der Waals surface area contributed by atoms with E-state index in [2.05, 4.69) is 198 Å². The zero-order valence-electron chi connectivity index (χ0n) is 79.4. The summed E-state index contributed by atoms with van der Waals surface area (Å²) in [6.45, 7) is 85.3. The summed E-state index contributed by atoms with van der Waals surface area (Å²) >= 11 is 0. The molecule has 0 aliphatic carbocycles. The number of carbonyl (C=O) groups excluding carboxylic acids is 11. The van der Waals surface area contributed by atoms with E-state index in [9.17, 15) is 52.7 Å². The first kappa shape index (κ1) is 125. The molecule has 0 saturated heterocycles. The largest absolute Gasteiger partial charge is 0.356 e. The average molecular weight is 1550 g/mol. The molecule has 0 aromatic carbocycles.